The van der Waals surface area contributed by atoms with Crippen LogP contribution in [0.3, 0.4) is 0 Å². The van der Waals surface area contributed by atoms with E-state index in [2.05, 4.69) is 31.3 Å². The fourth-order valence-electron chi connectivity index (χ4n) is 14.0. The molecule has 1 amide bonds. The predicted octanol–water partition coefficient (Wildman–Crippen LogP) is 13.3. The topological polar surface area (TPSA) is 307 Å². The summed E-state index contributed by atoms with van der Waals surface area (Å²) in [4.78, 5) is 13.5. The van der Waals surface area contributed by atoms with Crippen LogP contribution >= 0.6 is 0 Å². The van der Waals surface area contributed by atoms with Crippen LogP contribution < -0.4 is 5.32 Å². The summed E-state index contributed by atoms with van der Waals surface area (Å²) >= 11 is 0. The summed E-state index contributed by atoms with van der Waals surface area (Å²) in [6.07, 6.45) is 46.0. The second kappa shape index (κ2) is 60.5. The zero-order valence-electron chi connectivity index (χ0n) is 61.8. The number of aliphatic hydroxyl groups excluding tert-OH is 11. The van der Waals surface area contributed by atoms with E-state index in [1.807, 2.05) is 6.08 Å². The largest absolute Gasteiger partial charge is 0.394 e. The molecule has 98 heavy (non-hydrogen) atoms. The fourth-order valence-corrected chi connectivity index (χ4v) is 14.0. The van der Waals surface area contributed by atoms with Crippen molar-refractivity contribution >= 4 is 5.91 Å². The number of hydrogen-bond acceptors (Lipinski definition) is 18. The molecule has 0 aliphatic carbocycles. The van der Waals surface area contributed by atoms with Crippen molar-refractivity contribution in [1.82, 2.24) is 5.32 Å². The molecular weight excluding hydrogens is 1250 g/mol. The molecular formula is C79H149NO18. The molecule has 12 N–H and O–H groups in total. The third-order valence-electron chi connectivity index (χ3n) is 20.5. The predicted molar refractivity (Wildman–Crippen MR) is 388 cm³/mol. The van der Waals surface area contributed by atoms with Gasteiger partial charge in [-0.15, -0.1) is 0 Å². The Morgan fingerprint density at radius 2 is 0.643 bits per heavy atom. The van der Waals surface area contributed by atoms with Gasteiger partial charge < -0.3 is 89.9 Å². The number of nitrogens with one attached hydrogen (secondary N) is 1. The van der Waals surface area contributed by atoms with Gasteiger partial charge >= 0.3 is 0 Å². The number of aliphatic hydroxyl groups is 11. The van der Waals surface area contributed by atoms with Gasteiger partial charge in [-0.3, -0.25) is 4.79 Å². The van der Waals surface area contributed by atoms with E-state index in [1.165, 1.54) is 270 Å². The molecule has 3 fully saturated rings. The van der Waals surface area contributed by atoms with Crippen LogP contribution in [0.5, 0.6) is 0 Å². The molecule has 0 spiro atoms. The molecule has 17 unspecified atom stereocenters. The first-order valence-corrected chi connectivity index (χ1v) is 40.6. The maximum Gasteiger partial charge on any atom is 0.220 e. The van der Waals surface area contributed by atoms with Gasteiger partial charge in [0.2, 0.25) is 5.91 Å². The number of carbonyl (C=O) groups excluding carboxylic acids is 1. The van der Waals surface area contributed by atoms with Crippen molar-refractivity contribution in [3.05, 3.63) is 24.3 Å². The molecule has 578 valence electrons. The second-order valence-electron chi connectivity index (χ2n) is 29.2. The molecule has 3 rings (SSSR count). The van der Waals surface area contributed by atoms with E-state index in [0.717, 1.165) is 44.9 Å². The van der Waals surface area contributed by atoms with E-state index >= 15 is 0 Å². The minimum absolute atomic E-state index is 0.248. The lowest BCUT2D eigenvalue weighted by atomic mass is 9.96. The van der Waals surface area contributed by atoms with Crippen molar-refractivity contribution in [1.29, 1.82) is 0 Å². The number of hydrogen-bond donors (Lipinski definition) is 12. The molecule has 0 aromatic carbocycles. The number of allylic oxidation sites excluding steroid dienone is 3. The molecule has 0 saturated carbocycles. The van der Waals surface area contributed by atoms with Crippen LogP contribution in [0, 0.1) is 0 Å². The Hall–Kier alpha value is -1.73. The van der Waals surface area contributed by atoms with Gasteiger partial charge in [0.05, 0.1) is 38.6 Å². The zero-order valence-corrected chi connectivity index (χ0v) is 61.8. The second-order valence-corrected chi connectivity index (χ2v) is 29.2. The van der Waals surface area contributed by atoms with Crippen molar-refractivity contribution in [2.75, 3.05) is 26.4 Å². The summed E-state index contributed by atoms with van der Waals surface area (Å²) < 4.78 is 34.5. The molecule has 17 atom stereocenters. The Morgan fingerprint density at radius 3 is 0.990 bits per heavy atom. The monoisotopic (exact) mass is 1400 g/mol. The minimum atomic E-state index is -1.98. The minimum Gasteiger partial charge on any atom is -0.394 e. The SMILES string of the molecule is CCCCCCCCCC/C=C\CCCCCCCCCCCCCCCCCCCCCC(=O)NC(COC1OC(CO)C(OC2OC(CO)C(OC3OC(CO)C(O)C(O)C3O)C(O)C2O)C(O)C1O)C(O)/C=C/CCCCCCCCCCCCCCCCCCCCCC. The van der Waals surface area contributed by atoms with Crippen molar-refractivity contribution < 1.29 is 89.4 Å². The summed E-state index contributed by atoms with van der Waals surface area (Å²) in [6, 6.07) is -0.972. The third kappa shape index (κ3) is 40.5. The number of rotatable bonds is 65. The van der Waals surface area contributed by atoms with Crippen molar-refractivity contribution in [3.63, 3.8) is 0 Å². The molecule has 19 nitrogen and oxygen atoms in total. The lowest BCUT2D eigenvalue weighted by Gasteiger charge is -2.48. The molecule has 0 radical (unpaired) electrons. The Balaban J connectivity index is 1.36. The smallest absolute Gasteiger partial charge is 0.220 e. The van der Waals surface area contributed by atoms with E-state index in [4.69, 9.17) is 28.4 Å². The molecule has 3 aliphatic heterocycles. The normalized spacial score (nSPS) is 26.8. The van der Waals surface area contributed by atoms with Gasteiger partial charge in [-0.25, -0.2) is 0 Å². The maximum absolute atomic E-state index is 13.5. The summed E-state index contributed by atoms with van der Waals surface area (Å²) in [5.41, 5.74) is 0. The van der Waals surface area contributed by atoms with E-state index in [1.54, 1.807) is 6.08 Å². The van der Waals surface area contributed by atoms with Crippen LogP contribution in [0.25, 0.3) is 0 Å². The fraction of sp³-hybridized carbons (Fsp3) is 0.937. The van der Waals surface area contributed by atoms with E-state index in [9.17, 15) is 61.0 Å². The van der Waals surface area contributed by atoms with Crippen molar-refractivity contribution in [2.45, 2.75) is 446 Å². The van der Waals surface area contributed by atoms with Gasteiger partial charge in [-0.1, -0.05) is 314 Å². The maximum atomic E-state index is 13.5. The van der Waals surface area contributed by atoms with Crippen LogP contribution in [0.4, 0.5) is 0 Å². The quantitative estimate of drug-likeness (QED) is 0.0199. The van der Waals surface area contributed by atoms with Crippen LogP contribution in [0.15, 0.2) is 24.3 Å². The van der Waals surface area contributed by atoms with E-state index in [0.29, 0.717) is 6.42 Å². The van der Waals surface area contributed by atoms with Crippen LogP contribution in [0.1, 0.15) is 341 Å². The average Bonchev–Trinajstić information content (AvgIpc) is 0.785. The number of ether oxygens (including phenoxy) is 6. The summed E-state index contributed by atoms with van der Waals surface area (Å²) in [5.74, 6) is -0.268. The van der Waals surface area contributed by atoms with E-state index < -0.39 is 124 Å². The summed E-state index contributed by atoms with van der Waals surface area (Å²) in [7, 11) is 0. The van der Waals surface area contributed by atoms with Crippen LogP contribution in [-0.2, 0) is 33.2 Å². The summed E-state index contributed by atoms with van der Waals surface area (Å²) in [6.45, 7) is 1.79. The highest BCUT2D eigenvalue weighted by atomic mass is 16.8. The Kier molecular flexibility index (Phi) is 55.9. The molecule has 0 aromatic heterocycles. The third-order valence-corrected chi connectivity index (χ3v) is 20.5. The first-order chi connectivity index (χ1) is 47.8. The van der Waals surface area contributed by atoms with Gasteiger partial charge in [0.15, 0.2) is 18.9 Å². The highest BCUT2D eigenvalue weighted by Crippen LogP contribution is 2.33. The van der Waals surface area contributed by atoms with Gasteiger partial charge in [-0.2, -0.15) is 0 Å². The lowest BCUT2D eigenvalue weighted by molar-refractivity contribution is -0.379. The van der Waals surface area contributed by atoms with E-state index in [-0.39, 0.29) is 18.9 Å². The van der Waals surface area contributed by atoms with Crippen LogP contribution in [-0.4, -0.2) is 193 Å². The van der Waals surface area contributed by atoms with Crippen LogP contribution in [0.2, 0.25) is 0 Å². The Labute approximate surface area is 594 Å². The van der Waals surface area contributed by atoms with Crippen molar-refractivity contribution in [3.8, 4) is 0 Å². The average molecular weight is 1400 g/mol. The first kappa shape index (κ1) is 90.5. The van der Waals surface area contributed by atoms with Gasteiger partial charge in [0.1, 0.15) is 73.2 Å². The standard InChI is InChI=1S/C79H149NO18/c1-3-5-7-9-11-13-15-17-19-21-23-25-27-28-29-30-31-32-33-34-35-37-39-41-43-45-47-49-51-53-55-57-67(85)80-62(63(84)56-54-52-50-48-46-44-42-40-38-36-26-24-22-20-18-16-14-12-10-8-6-4-2)61-93-77-73(91)70(88)75(65(59-82)95-77)98-79-74(92)71(89)76(66(60-83)96-79)97-78-72(90)69(87)68(86)64(58-81)94-78/h21,23,54,56,62-66,68-79,81-84,86-92H,3-20,22,24-53,55,57-61H2,1-2H3,(H,80,85)/b23-21-,56-54+. The van der Waals surface area contributed by atoms with Gasteiger partial charge in [0.25, 0.3) is 0 Å². The number of amides is 1. The highest BCUT2D eigenvalue weighted by Gasteiger charge is 2.54. The Bertz CT molecular complexity index is 1870. The van der Waals surface area contributed by atoms with Gasteiger partial charge in [-0.05, 0) is 44.9 Å². The lowest BCUT2D eigenvalue weighted by Crippen LogP contribution is -2.66. The van der Waals surface area contributed by atoms with Gasteiger partial charge in [0, 0.05) is 6.42 Å². The zero-order chi connectivity index (χ0) is 71.1. The van der Waals surface area contributed by atoms with Crippen molar-refractivity contribution in [2.24, 2.45) is 0 Å². The Morgan fingerprint density at radius 1 is 0.357 bits per heavy atom. The molecule has 19 heteroatoms. The molecule has 3 aliphatic rings. The number of unbranched alkanes of at least 4 members (excludes halogenated alkanes) is 47. The summed E-state index contributed by atoms with van der Waals surface area (Å²) in [5, 5.41) is 121. The molecule has 3 heterocycles. The number of carbonyl (C=O) groups is 1. The molecule has 0 bridgehead atoms. The molecule has 0 aromatic rings. The highest BCUT2D eigenvalue weighted by molar-refractivity contribution is 5.76. The molecule has 3 saturated heterocycles. The first-order valence-electron chi connectivity index (χ1n) is 40.6.